The summed E-state index contributed by atoms with van der Waals surface area (Å²) in [6.45, 7) is 1.97. The fourth-order valence-corrected chi connectivity index (χ4v) is 3.53. The molecule has 7 heteroatoms. The monoisotopic (exact) mass is 387 g/mol. The van der Waals surface area contributed by atoms with Crippen LogP contribution in [0.1, 0.15) is 31.4 Å². The molecule has 6 nitrogen and oxygen atoms in total. The first-order chi connectivity index (χ1) is 12.9. The largest absolute Gasteiger partial charge is 0.363 e. The highest BCUT2D eigenvalue weighted by atomic mass is 35.5. The van der Waals surface area contributed by atoms with Crippen LogP contribution in [-0.2, 0) is 4.79 Å². The number of aryl methyl sites for hydroxylation is 1. The van der Waals surface area contributed by atoms with Gasteiger partial charge in [-0.25, -0.2) is 4.98 Å². The lowest BCUT2D eigenvalue weighted by atomic mass is 9.85. The summed E-state index contributed by atoms with van der Waals surface area (Å²) in [4.78, 5) is 23.5. The van der Waals surface area contributed by atoms with Crippen LogP contribution in [0.2, 0.25) is 5.02 Å². The van der Waals surface area contributed by atoms with Crippen LogP contribution >= 0.6 is 11.6 Å². The third kappa shape index (κ3) is 5.32. The maximum absolute atomic E-state index is 12.5. The molecule has 3 rings (SSSR count). The van der Waals surface area contributed by atoms with E-state index in [-0.39, 0.29) is 17.9 Å². The quantitative estimate of drug-likeness (QED) is 0.807. The molecule has 0 atom stereocenters. The van der Waals surface area contributed by atoms with Crippen molar-refractivity contribution in [3.8, 4) is 0 Å². The van der Waals surface area contributed by atoms with Crippen molar-refractivity contribution in [2.45, 2.75) is 38.6 Å². The van der Waals surface area contributed by atoms with Gasteiger partial charge in [-0.3, -0.25) is 4.79 Å². The van der Waals surface area contributed by atoms with Gasteiger partial charge in [-0.15, -0.1) is 0 Å². The maximum Gasteiger partial charge on any atom is 0.227 e. The van der Waals surface area contributed by atoms with Crippen molar-refractivity contribution in [2.24, 2.45) is 5.92 Å². The molecule has 1 aliphatic rings. The third-order valence-electron chi connectivity index (χ3n) is 4.82. The van der Waals surface area contributed by atoms with E-state index >= 15 is 0 Å². The molecule has 1 heterocycles. The van der Waals surface area contributed by atoms with Crippen molar-refractivity contribution >= 4 is 35.0 Å². The summed E-state index contributed by atoms with van der Waals surface area (Å²) >= 11 is 5.98. The van der Waals surface area contributed by atoms with E-state index < -0.39 is 0 Å². The Bertz CT molecular complexity index is 803. The summed E-state index contributed by atoms with van der Waals surface area (Å²) in [7, 11) is 3.94. The summed E-state index contributed by atoms with van der Waals surface area (Å²) in [5, 5.41) is 7.03. The predicted octanol–water partition coefficient (Wildman–Crippen LogP) is 4.11. The lowest BCUT2D eigenvalue weighted by Gasteiger charge is -2.28. The summed E-state index contributed by atoms with van der Waals surface area (Å²) < 4.78 is 0. The highest BCUT2D eigenvalue weighted by Crippen LogP contribution is 2.28. The minimum atomic E-state index is 0.0257. The standard InChI is InChI=1S/C20H26ClN5O/c1-13-11-18(26(2)3)25-20(22-13)24-16-9-7-14(8-10-16)19(27)23-17-6-4-5-15(21)12-17/h4-6,11-12,14,16H,7-10H2,1-3H3,(H,23,27)(H,22,24,25). The number of nitrogens with one attached hydrogen (secondary N) is 2. The minimum absolute atomic E-state index is 0.0257. The van der Waals surface area contributed by atoms with Crippen LogP contribution in [-0.4, -0.2) is 36.0 Å². The van der Waals surface area contributed by atoms with Crippen molar-refractivity contribution < 1.29 is 4.79 Å². The molecule has 2 N–H and O–H groups in total. The Labute approximate surface area is 165 Å². The zero-order valence-corrected chi connectivity index (χ0v) is 16.8. The molecular weight excluding hydrogens is 362 g/mol. The lowest BCUT2D eigenvalue weighted by molar-refractivity contribution is -0.120. The highest BCUT2D eigenvalue weighted by Gasteiger charge is 2.27. The van der Waals surface area contributed by atoms with Gasteiger partial charge in [-0.2, -0.15) is 4.98 Å². The van der Waals surface area contributed by atoms with Gasteiger partial charge >= 0.3 is 0 Å². The molecule has 0 saturated heterocycles. The molecule has 1 aliphatic carbocycles. The van der Waals surface area contributed by atoms with Crippen LogP contribution in [0.5, 0.6) is 0 Å². The van der Waals surface area contributed by atoms with Crippen LogP contribution in [0.4, 0.5) is 17.5 Å². The molecule has 0 bridgehead atoms. The number of anilines is 3. The van der Waals surface area contributed by atoms with E-state index in [1.54, 1.807) is 12.1 Å². The fourth-order valence-electron chi connectivity index (χ4n) is 3.34. The number of amides is 1. The normalized spacial score (nSPS) is 19.4. The summed E-state index contributed by atoms with van der Waals surface area (Å²) in [5.74, 6) is 1.64. The Morgan fingerprint density at radius 3 is 2.56 bits per heavy atom. The van der Waals surface area contributed by atoms with Gasteiger partial charge in [0, 0.05) is 48.5 Å². The Morgan fingerprint density at radius 2 is 1.89 bits per heavy atom. The molecule has 1 aromatic heterocycles. The van der Waals surface area contributed by atoms with Gasteiger partial charge in [0.15, 0.2) is 0 Å². The Balaban J connectivity index is 1.54. The first-order valence-electron chi connectivity index (χ1n) is 9.26. The number of hydrogen-bond acceptors (Lipinski definition) is 5. The number of rotatable bonds is 5. The van der Waals surface area contributed by atoms with Crippen LogP contribution in [0.15, 0.2) is 30.3 Å². The van der Waals surface area contributed by atoms with E-state index in [1.165, 1.54) is 0 Å². The maximum atomic E-state index is 12.5. The van der Waals surface area contributed by atoms with Gasteiger partial charge in [-0.1, -0.05) is 17.7 Å². The summed E-state index contributed by atoms with van der Waals surface area (Å²) in [5.41, 5.74) is 1.68. The summed E-state index contributed by atoms with van der Waals surface area (Å²) in [6, 6.07) is 9.50. The number of aromatic nitrogens is 2. The second-order valence-corrected chi connectivity index (χ2v) is 7.71. The number of halogens is 1. The summed E-state index contributed by atoms with van der Waals surface area (Å²) in [6.07, 6.45) is 3.53. The van der Waals surface area contributed by atoms with Crippen molar-refractivity contribution in [3.05, 3.63) is 41.0 Å². The van der Waals surface area contributed by atoms with Gasteiger partial charge in [0.2, 0.25) is 11.9 Å². The van der Waals surface area contributed by atoms with E-state index in [9.17, 15) is 4.79 Å². The Hall–Kier alpha value is -2.34. The molecule has 27 heavy (non-hydrogen) atoms. The van der Waals surface area contributed by atoms with Crippen LogP contribution in [0.25, 0.3) is 0 Å². The smallest absolute Gasteiger partial charge is 0.227 e. The van der Waals surface area contributed by atoms with Gasteiger partial charge in [0.05, 0.1) is 0 Å². The number of carbonyl (C=O) groups excluding carboxylic acids is 1. The second-order valence-electron chi connectivity index (χ2n) is 7.28. The van der Waals surface area contributed by atoms with Gasteiger partial charge < -0.3 is 15.5 Å². The van der Waals surface area contributed by atoms with Crippen molar-refractivity contribution in [1.82, 2.24) is 9.97 Å². The lowest BCUT2D eigenvalue weighted by Crippen LogP contribution is -2.32. The zero-order chi connectivity index (χ0) is 19.4. The zero-order valence-electron chi connectivity index (χ0n) is 16.0. The number of carbonyl (C=O) groups is 1. The average Bonchev–Trinajstić information content (AvgIpc) is 2.61. The van der Waals surface area contributed by atoms with Crippen LogP contribution in [0, 0.1) is 12.8 Å². The SMILES string of the molecule is Cc1cc(N(C)C)nc(NC2CCC(C(=O)Nc3cccc(Cl)c3)CC2)n1. The topological polar surface area (TPSA) is 70.2 Å². The molecule has 1 fully saturated rings. The van der Waals surface area contributed by atoms with Gasteiger partial charge in [-0.05, 0) is 50.8 Å². The van der Waals surface area contributed by atoms with Crippen LogP contribution in [0.3, 0.4) is 0 Å². The second kappa shape index (κ2) is 8.57. The molecular formula is C20H26ClN5O. The van der Waals surface area contributed by atoms with E-state index in [0.29, 0.717) is 11.0 Å². The molecule has 1 amide bonds. The van der Waals surface area contributed by atoms with Crippen LogP contribution < -0.4 is 15.5 Å². The fraction of sp³-hybridized carbons (Fsp3) is 0.450. The van der Waals surface area contributed by atoms with Crippen molar-refractivity contribution in [3.63, 3.8) is 0 Å². The number of hydrogen-bond donors (Lipinski definition) is 2. The first kappa shape index (κ1) is 19.4. The van der Waals surface area contributed by atoms with Gasteiger partial charge in [0.1, 0.15) is 5.82 Å². The molecule has 1 saturated carbocycles. The average molecular weight is 388 g/mol. The molecule has 2 aromatic rings. The molecule has 0 aliphatic heterocycles. The van der Waals surface area contributed by atoms with Crippen molar-refractivity contribution in [1.29, 1.82) is 0 Å². The molecule has 0 spiro atoms. The Kier molecular flexibility index (Phi) is 6.16. The highest BCUT2D eigenvalue weighted by molar-refractivity contribution is 6.30. The molecule has 0 unspecified atom stereocenters. The number of benzene rings is 1. The Morgan fingerprint density at radius 1 is 1.15 bits per heavy atom. The van der Waals surface area contributed by atoms with E-state index in [1.807, 2.05) is 44.1 Å². The van der Waals surface area contributed by atoms with E-state index in [4.69, 9.17) is 11.6 Å². The molecule has 1 aromatic carbocycles. The first-order valence-corrected chi connectivity index (χ1v) is 9.64. The molecule has 0 radical (unpaired) electrons. The van der Waals surface area contributed by atoms with Gasteiger partial charge in [0.25, 0.3) is 0 Å². The number of nitrogens with zero attached hydrogens (tertiary/aromatic N) is 3. The van der Waals surface area contributed by atoms with E-state index in [0.717, 1.165) is 42.9 Å². The van der Waals surface area contributed by atoms with E-state index in [2.05, 4.69) is 20.6 Å². The molecule has 144 valence electrons. The van der Waals surface area contributed by atoms with Crippen molar-refractivity contribution in [2.75, 3.05) is 29.6 Å². The predicted molar refractivity (Wildman–Crippen MR) is 111 cm³/mol. The minimum Gasteiger partial charge on any atom is -0.363 e. The third-order valence-corrected chi connectivity index (χ3v) is 5.06.